The van der Waals surface area contributed by atoms with Crippen molar-refractivity contribution >= 4 is 28.4 Å². The summed E-state index contributed by atoms with van der Waals surface area (Å²) >= 11 is 2.14. The summed E-state index contributed by atoms with van der Waals surface area (Å²) in [6, 6.07) is 7.42. The van der Waals surface area contributed by atoms with E-state index < -0.39 is 0 Å². The summed E-state index contributed by atoms with van der Waals surface area (Å²) in [7, 11) is 0. The van der Waals surface area contributed by atoms with E-state index in [1.807, 2.05) is 6.07 Å². The Morgan fingerprint density at radius 1 is 1.62 bits per heavy atom. The summed E-state index contributed by atoms with van der Waals surface area (Å²) in [6.07, 6.45) is 0.448. The molecule has 0 saturated carbocycles. The van der Waals surface area contributed by atoms with Crippen LogP contribution in [-0.4, -0.2) is 5.78 Å². The Bertz CT molecular complexity index is 379. The van der Waals surface area contributed by atoms with Gasteiger partial charge in [-0.25, -0.2) is 0 Å². The van der Waals surface area contributed by atoms with Crippen LogP contribution in [0.5, 0.6) is 0 Å². The summed E-state index contributed by atoms with van der Waals surface area (Å²) in [5.74, 6) is 0.141. The summed E-state index contributed by atoms with van der Waals surface area (Å²) < 4.78 is 0.979. The lowest BCUT2D eigenvalue weighted by molar-refractivity contribution is -0.116. The van der Waals surface area contributed by atoms with Crippen molar-refractivity contribution < 1.29 is 4.79 Å². The van der Waals surface area contributed by atoms with E-state index in [0.717, 1.165) is 9.13 Å². The smallest absolute Gasteiger partial charge is 0.134 e. The van der Waals surface area contributed by atoms with Gasteiger partial charge in [-0.1, -0.05) is 6.07 Å². The van der Waals surface area contributed by atoms with E-state index in [9.17, 15) is 4.79 Å². The fourth-order valence-corrected chi connectivity index (χ4v) is 1.73. The highest BCUT2D eigenvalue weighted by Crippen LogP contribution is 2.14. The fraction of sp³-hybridized carbons (Fsp3) is 0.200. The van der Waals surface area contributed by atoms with Crippen molar-refractivity contribution in [2.45, 2.75) is 13.3 Å². The Morgan fingerprint density at radius 2 is 2.31 bits per heavy atom. The molecule has 0 unspecified atom stereocenters. The summed E-state index contributed by atoms with van der Waals surface area (Å²) in [4.78, 5) is 10.9. The maximum Gasteiger partial charge on any atom is 0.134 e. The Labute approximate surface area is 90.7 Å². The lowest BCUT2D eigenvalue weighted by atomic mass is 10.1. The molecule has 0 aliphatic rings. The van der Waals surface area contributed by atoms with E-state index in [2.05, 4.69) is 28.7 Å². The predicted molar refractivity (Wildman–Crippen MR) is 58.3 cm³/mol. The Morgan fingerprint density at radius 3 is 2.77 bits per heavy atom. The second-order valence-electron chi connectivity index (χ2n) is 2.80. The van der Waals surface area contributed by atoms with Gasteiger partial charge >= 0.3 is 0 Å². The van der Waals surface area contributed by atoms with Gasteiger partial charge in [0.25, 0.3) is 0 Å². The van der Waals surface area contributed by atoms with Crippen LogP contribution in [0, 0.1) is 14.9 Å². The first-order chi connectivity index (χ1) is 6.13. The number of Topliss-reactive ketones (excluding diaryl/α,β-unsaturated/α-hetero) is 1. The molecule has 0 spiro atoms. The molecular formula is C10H8INO. The third-order valence-electron chi connectivity index (χ3n) is 1.62. The molecule has 0 fully saturated rings. The molecule has 0 N–H and O–H groups in total. The fourth-order valence-electron chi connectivity index (χ4n) is 1.03. The molecule has 0 aliphatic heterocycles. The summed E-state index contributed by atoms with van der Waals surface area (Å²) in [6.45, 7) is 1.56. The highest BCUT2D eigenvalue weighted by molar-refractivity contribution is 14.1. The lowest BCUT2D eigenvalue weighted by Crippen LogP contribution is -1.98. The molecule has 0 heterocycles. The minimum Gasteiger partial charge on any atom is -0.300 e. The van der Waals surface area contributed by atoms with Crippen LogP contribution in [0.2, 0.25) is 0 Å². The third-order valence-corrected chi connectivity index (χ3v) is 2.63. The molecule has 1 aromatic carbocycles. The van der Waals surface area contributed by atoms with Crippen LogP contribution in [0.3, 0.4) is 0 Å². The van der Waals surface area contributed by atoms with Crippen molar-refractivity contribution in [2.24, 2.45) is 0 Å². The van der Waals surface area contributed by atoms with Gasteiger partial charge < -0.3 is 0 Å². The van der Waals surface area contributed by atoms with E-state index in [1.165, 1.54) is 0 Å². The van der Waals surface area contributed by atoms with Crippen molar-refractivity contribution in [2.75, 3.05) is 0 Å². The van der Waals surface area contributed by atoms with Crippen molar-refractivity contribution in [3.63, 3.8) is 0 Å². The van der Waals surface area contributed by atoms with Gasteiger partial charge in [0.05, 0.1) is 11.6 Å². The zero-order valence-electron chi connectivity index (χ0n) is 7.17. The topological polar surface area (TPSA) is 40.9 Å². The van der Waals surface area contributed by atoms with Crippen LogP contribution in [-0.2, 0) is 11.2 Å². The Hall–Kier alpha value is -0.890. The van der Waals surface area contributed by atoms with Gasteiger partial charge in [-0.3, -0.25) is 4.79 Å². The molecule has 0 atom stereocenters. The lowest BCUT2D eigenvalue weighted by Gasteiger charge is -2.01. The van der Waals surface area contributed by atoms with Crippen LogP contribution in [0.25, 0.3) is 0 Å². The molecule has 0 amide bonds. The molecule has 0 aliphatic carbocycles. The van der Waals surface area contributed by atoms with Crippen LogP contribution < -0.4 is 0 Å². The van der Waals surface area contributed by atoms with E-state index in [0.29, 0.717) is 12.0 Å². The number of carbonyl (C=O) groups excluding carboxylic acids is 1. The van der Waals surface area contributed by atoms with Crippen molar-refractivity contribution in [3.8, 4) is 6.07 Å². The largest absolute Gasteiger partial charge is 0.300 e. The van der Waals surface area contributed by atoms with Gasteiger partial charge in [0.15, 0.2) is 0 Å². The standard InChI is InChI=1S/C10H8INO/c1-7(13)4-9-3-2-8(6-12)5-10(9)11/h2-3,5H,4H2,1H3. The van der Waals surface area contributed by atoms with Crippen LogP contribution in [0.4, 0.5) is 0 Å². The average Bonchev–Trinajstić information content (AvgIpc) is 2.08. The minimum absolute atomic E-state index is 0.141. The monoisotopic (exact) mass is 285 g/mol. The number of ketones is 1. The van der Waals surface area contributed by atoms with Crippen LogP contribution in [0.1, 0.15) is 18.1 Å². The summed E-state index contributed by atoms with van der Waals surface area (Å²) in [5.41, 5.74) is 1.63. The molecule has 0 bridgehead atoms. The Kier molecular flexibility index (Phi) is 3.43. The first-order valence-electron chi connectivity index (χ1n) is 3.81. The third kappa shape index (κ3) is 2.81. The molecule has 1 aromatic rings. The maximum absolute atomic E-state index is 10.9. The number of benzene rings is 1. The van der Waals surface area contributed by atoms with Gasteiger partial charge in [-0.2, -0.15) is 5.26 Å². The number of rotatable bonds is 2. The van der Waals surface area contributed by atoms with E-state index in [1.54, 1.807) is 19.1 Å². The predicted octanol–water partition coefficient (Wildman–Crippen LogP) is 2.29. The molecule has 0 aromatic heterocycles. The van der Waals surface area contributed by atoms with Gasteiger partial charge in [-0.15, -0.1) is 0 Å². The SMILES string of the molecule is CC(=O)Cc1ccc(C#N)cc1I. The highest BCUT2D eigenvalue weighted by atomic mass is 127. The minimum atomic E-state index is 0.141. The number of hydrogen-bond acceptors (Lipinski definition) is 2. The number of hydrogen-bond donors (Lipinski definition) is 0. The Balaban J connectivity index is 3.00. The van der Waals surface area contributed by atoms with E-state index >= 15 is 0 Å². The number of halogens is 1. The highest BCUT2D eigenvalue weighted by Gasteiger charge is 2.03. The van der Waals surface area contributed by atoms with E-state index in [4.69, 9.17) is 5.26 Å². The molecule has 2 nitrogen and oxygen atoms in total. The zero-order valence-corrected chi connectivity index (χ0v) is 9.33. The average molecular weight is 285 g/mol. The molecule has 0 radical (unpaired) electrons. The number of nitrogens with zero attached hydrogens (tertiary/aromatic N) is 1. The zero-order chi connectivity index (χ0) is 9.84. The maximum atomic E-state index is 10.9. The van der Waals surface area contributed by atoms with Crippen LogP contribution in [0.15, 0.2) is 18.2 Å². The van der Waals surface area contributed by atoms with Crippen molar-refractivity contribution in [3.05, 3.63) is 32.9 Å². The van der Waals surface area contributed by atoms with E-state index in [-0.39, 0.29) is 5.78 Å². The number of carbonyl (C=O) groups is 1. The molecule has 3 heteroatoms. The van der Waals surface area contributed by atoms with Gasteiger partial charge in [0.1, 0.15) is 5.78 Å². The van der Waals surface area contributed by atoms with Crippen molar-refractivity contribution in [1.29, 1.82) is 5.26 Å². The number of nitriles is 1. The van der Waals surface area contributed by atoms with Crippen molar-refractivity contribution in [1.82, 2.24) is 0 Å². The van der Waals surface area contributed by atoms with Gasteiger partial charge in [-0.05, 0) is 47.2 Å². The molecule has 1 rings (SSSR count). The van der Waals surface area contributed by atoms with Gasteiger partial charge in [0.2, 0.25) is 0 Å². The molecule has 13 heavy (non-hydrogen) atoms. The van der Waals surface area contributed by atoms with Crippen LogP contribution >= 0.6 is 22.6 Å². The first-order valence-corrected chi connectivity index (χ1v) is 4.89. The molecule has 66 valence electrons. The summed E-state index contributed by atoms with van der Waals surface area (Å²) in [5, 5.41) is 8.61. The second-order valence-corrected chi connectivity index (χ2v) is 3.96. The molecule has 0 saturated heterocycles. The molecular weight excluding hydrogens is 277 g/mol. The van der Waals surface area contributed by atoms with Gasteiger partial charge in [0, 0.05) is 9.99 Å². The quantitative estimate of drug-likeness (QED) is 0.782. The normalized spacial score (nSPS) is 9.31. The first kappa shape index (κ1) is 10.2. The second kappa shape index (κ2) is 4.38.